The van der Waals surface area contributed by atoms with E-state index in [4.69, 9.17) is 0 Å². The van der Waals surface area contributed by atoms with Crippen LogP contribution in [0.3, 0.4) is 0 Å². The third-order valence-electron chi connectivity index (χ3n) is 6.93. The number of aryl methyl sites for hydroxylation is 1. The molecule has 0 bridgehead atoms. The van der Waals surface area contributed by atoms with Crippen molar-refractivity contribution in [3.63, 3.8) is 0 Å². The number of hydrogen-bond donors (Lipinski definition) is 1. The van der Waals surface area contributed by atoms with Gasteiger partial charge in [-0.2, -0.15) is 0 Å². The van der Waals surface area contributed by atoms with Gasteiger partial charge in [0.25, 0.3) is 0 Å². The van der Waals surface area contributed by atoms with Crippen molar-refractivity contribution in [1.29, 1.82) is 0 Å². The van der Waals surface area contributed by atoms with Gasteiger partial charge in [0.05, 0.1) is 19.2 Å². The van der Waals surface area contributed by atoms with Crippen molar-refractivity contribution in [2.75, 3.05) is 27.2 Å². The first-order valence-electron chi connectivity index (χ1n) is 11.6. The highest BCUT2D eigenvalue weighted by Crippen LogP contribution is 2.33. The summed E-state index contributed by atoms with van der Waals surface area (Å²) in [6.45, 7) is 4.72. The molecule has 0 spiro atoms. The first-order chi connectivity index (χ1) is 15.4. The van der Waals surface area contributed by atoms with Gasteiger partial charge in [-0.25, -0.2) is 4.57 Å². The number of likely N-dealkylation sites (N-methyl/N-ethyl adjacent to an activating group) is 1. The van der Waals surface area contributed by atoms with Gasteiger partial charge >= 0.3 is 0 Å². The molecule has 2 aliphatic rings. The zero-order chi connectivity index (χ0) is 22.4. The number of aliphatic hydroxyl groups excluding tert-OH is 1. The number of rotatable bonds is 6. The second kappa shape index (κ2) is 8.34. The van der Waals surface area contributed by atoms with Crippen molar-refractivity contribution < 1.29 is 14.5 Å². The molecule has 1 unspecified atom stereocenters. The smallest absolute Gasteiger partial charge is 0.236 e. The summed E-state index contributed by atoms with van der Waals surface area (Å²) in [5, 5.41) is 12.3. The van der Waals surface area contributed by atoms with E-state index in [-0.39, 0.29) is 5.91 Å². The maximum absolute atomic E-state index is 12.3. The molecule has 168 valence electrons. The molecule has 3 heterocycles. The molecular formula is C26H33N4O2+. The number of aromatic nitrogens is 2. The molecule has 1 fully saturated rings. The second-order valence-electron chi connectivity index (χ2n) is 9.63. The average molecular weight is 434 g/mol. The van der Waals surface area contributed by atoms with Crippen molar-refractivity contribution in [2.24, 2.45) is 0 Å². The van der Waals surface area contributed by atoms with Crippen molar-refractivity contribution in [1.82, 2.24) is 14.4 Å². The fraction of sp³-hybridized carbons (Fsp3) is 0.462. The van der Waals surface area contributed by atoms with Crippen LogP contribution < -0.4 is 4.57 Å². The maximum Gasteiger partial charge on any atom is 0.236 e. The Morgan fingerprint density at radius 3 is 2.66 bits per heavy atom. The number of fused-ring (bicyclic) bond motifs is 3. The highest BCUT2D eigenvalue weighted by Gasteiger charge is 2.31. The fourth-order valence-corrected chi connectivity index (χ4v) is 4.86. The molecule has 32 heavy (non-hydrogen) atoms. The lowest BCUT2D eigenvalue weighted by atomic mass is 10.0. The molecule has 1 N–H and O–H groups in total. The molecule has 1 aliphatic heterocycles. The summed E-state index contributed by atoms with van der Waals surface area (Å²) >= 11 is 0. The third-order valence-corrected chi connectivity index (χ3v) is 6.93. The Hall–Kier alpha value is -2.70. The van der Waals surface area contributed by atoms with E-state index in [0.29, 0.717) is 19.1 Å². The summed E-state index contributed by atoms with van der Waals surface area (Å²) in [6, 6.07) is 11.3. The summed E-state index contributed by atoms with van der Waals surface area (Å²) in [7, 11) is 3.62. The zero-order valence-electron chi connectivity index (χ0n) is 19.3. The van der Waals surface area contributed by atoms with Crippen LogP contribution in [0, 0.1) is 6.92 Å². The Balaban J connectivity index is 1.44. The summed E-state index contributed by atoms with van der Waals surface area (Å²) in [6.07, 6.45) is 7.03. The van der Waals surface area contributed by atoms with E-state index in [0.717, 1.165) is 25.1 Å². The van der Waals surface area contributed by atoms with Crippen LogP contribution in [-0.4, -0.2) is 52.6 Å². The topological polar surface area (TPSA) is 52.6 Å². The summed E-state index contributed by atoms with van der Waals surface area (Å²) in [5.74, 6) is 0.135. The molecule has 0 radical (unpaired) electrons. The maximum atomic E-state index is 12.3. The van der Waals surface area contributed by atoms with E-state index in [1.165, 1.54) is 40.6 Å². The molecule has 1 amide bonds. The minimum atomic E-state index is -0.557. The molecule has 1 aromatic carbocycles. The average Bonchev–Trinajstić information content (AvgIpc) is 3.59. The van der Waals surface area contributed by atoms with Gasteiger partial charge in [-0.15, -0.1) is 0 Å². The van der Waals surface area contributed by atoms with Gasteiger partial charge in [0.1, 0.15) is 0 Å². The number of aliphatic hydroxyl groups is 1. The highest BCUT2D eigenvalue weighted by molar-refractivity contribution is 5.86. The third kappa shape index (κ3) is 4.05. The van der Waals surface area contributed by atoms with E-state index in [2.05, 4.69) is 63.7 Å². The van der Waals surface area contributed by atoms with Crippen LogP contribution in [0.2, 0.25) is 0 Å². The van der Waals surface area contributed by atoms with Crippen molar-refractivity contribution >= 4 is 16.8 Å². The standard InChI is InChI=1S/C26H33N4O2/c1-18-4-7-23-21(14-18)22-15-28(17-26(32)27(2)3)11-10-24(22)30(23)16-25(31)19-8-12-29(13-9-19)20-5-6-20/h4,7-9,12-14,20,25,31H,5-6,10-11,15-17H2,1-3H3/q+1. The Morgan fingerprint density at radius 2 is 1.97 bits per heavy atom. The van der Waals surface area contributed by atoms with Gasteiger partial charge in [0, 0.05) is 75.2 Å². The summed E-state index contributed by atoms with van der Waals surface area (Å²) in [5.41, 5.74) is 5.95. The molecule has 0 saturated heterocycles. The van der Waals surface area contributed by atoms with Crippen LogP contribution in [0.5, 0.6) is 0 Å². The number of carbonyl (C=O) groups is 1. The van der Waals surface area contributed by atoms with Crippen LogP contribution in [0.4, 0.5) is 0 Å². The normalized spacial score (nSPS) is 17.4. The first-order valence-corrected chi connectivity index (χ1v) is 11.6. The Bertz CT molecular complexity index is 1140. The number of pyridine rings is 1. The summed E-state index contributed by atoms with van der Waals surface area (Å²) in [4.78, 5) is 16.2. The van der Waals surface area contributed by atoms with Gasteiger partial charge in [-0.3, -0.25) is 9.69 Å². The molecule has 6 heteroatoms. The number of nitrogens with zero attached hydrogens (tertiary/aromatic N) is 4. The van der Waals surface area contributed by atoms with E-state index in [1.54, 1.807) is 4.90 Å². The first kappa shape index (κ1) is 21.2. The molecule has 2 aromatic heterocycles. The molecular weight excluding hydrogens is 400 g/mol. The molecule has 1 aliphatic carbocycles. The number of amides is 1. The fourth-order valence-electron chi connectivity index (χ4n) is 4.86. The number of hydrogen-bond acceptors (Lipinski definition) is 3. The van der Waals surface area contributed by atoms with Gasteiger partial charge in [0.2, 0.25) is 5.91 Å². The largest absolute Gasteiger partial charge is 0.387 e. The van der Waals surface area contributed by atoms with Crippen molar-refractivity contribution in [2.45, 2.75) is 51.4 Å². The second-order valence-corrected chi connectivity index (χ2v) is 9.63. The molecule has 1 saturated carbocycles. The Kier molecular flexibility index (Phi) is 5.51. The predicted molar refractivity (Wildman–Crippen MR) is 124 cm³/mol. The molecule has 5 rings (SSSR count). The van der Waals surface area contributed by atoms with Crippen LogP contribution in [0.15, 0.2) is 42.7 Å². The van der Waals surface area contributed by atoms with Gasteiger partial charge in [-0.1, -0.05) is 11.6 Å². The van der Waals surface area contributed by atoms with Crippen LogP contribution in [0.25, 0.3) is 10.9 Å². The van der Waals surface area contributed by atoms with Crippen LogP contribution >= 0.6 is 0 Å². The Labute approximate surface area is 189 Å². The predicted octanol–water partition coefficient (Wildman–Crippen LogP) is 2.75. The van der Waals surface area contributed by atoms with Crippen molar-refractivity contribution in [3.8, 4) is 0 Å². The monoisotopic (exact) mass is 433 g/mol. The van der Waals surface area contributed by atoms with E-state index in [1.807, 2.05) is 14.1 Å². The number of carbonyl (C=O) groups excluding carboxylic acids is 1. The lowest BCUT2D eigenvalue weighted by Gasteiger charge is -2.29. The van der Waals surface area contributed by atoms with Gasteiger partial charge < -0.3 is 14.6 Å². The van der Waals surface area contributed by atoms with E-state index >= 15 is 0 Å². The molecule has 6 nitrogen and oxygen atoms in total. The SMILES string of the molecule is Cc1ccc2c(c1)c1c(n2CC(O)c2cc[n+](C3CC3)cc2)CCN(CC(=O)N(C)C)C1. The summed E-state index contributed by atoms with van der Waals surface area (Å²) < 4.78 is 4.55. The van der Waals surface area contributed by atoms with Gasteiger partial charge in [0.15, 0.2) is 18.4 Å². The van der Waals surface area contributed by atoms with Crippen LogP contribution in [-0.2, 0) is 24.3 Å². The van der Waals surface area contributed by atoms with Crippen LogP contribution in [0.1, 0.15) is 47.4 Å². The quantitative estimate of drug-likeness (QED) is 0.608. The lowest BCUT2D eigenvalue weighted by Crippen LogP contribution is -2.39. The minimum absolute atomic E-state index is 0.135. The van der Waals surface area contributed by atoms with Crippen molar-refractivity contribution in [3.05, 3.63) is 65.1 Å². The molecule has 3 aromatic rings. The lowest BCUT2D eigenvalue weighted by molar-refractivity contribution is -0.700. The zero-order valence-corrected chi connectivity index (χ0v) is 19.3. The number of benzene rings is 1. The minimum Gasteiger partial charge on any atom is -0.387 e. The van der Waals surface area contributed by atoms with E-state index in [9.17, 15) is 9.90 Å². The Morgan fingerprint density at radius 1 is 1.22 bits per heavy atom. The highest BCUT2D eigenvalue weighted by atomic mass is 16.3. The molecule has 1 atom stereocenters. The van der Waals surface area contributed by atoms with E-state index < -0.39 is 6.10 Å². The van der Waals surface area contributed by atoms with Gasteiger partial charge in [-0.05, 0) is 30.2 Å².